The fourth-order valence-electron chi connectivity index (χ4n) is 2.41. The Hall–Kier alpha value is -0.830. The second kappa shape index (κ2) is 6.80. The van der Waals surface area contributed by atoms with Crippen LogP contribution in [0.3, 0.4) is 0 Å². The van der Waals surface area contributed by atoms with E-state index in [1.165, 1.54) is 12.7 Å². The number of hydrogen-bond donors (Lipinski definition) is 0. The van der Waals surface area contributed by atoms with Gasteiger partial charge in [-0.3, -0.25) is 4.79 Å². The molecule has 1 fully saturated rings. The Bertz CT molecular complexity index is 265. The molecule has 1 rings (SSSR count). The lowest BCUT2D eigenvalue weighted by Gasteiger charge is -2.32. The highest BCUT2D eigenvalue weighted by molar-refractivity contribution is 5.70. The fraction of sp³-hybridized carbons (Fsp3) is 0.786. The van der Waals surface area contributed by atoms with E-state index in [1.54, 1.807) is 0 Å². The Labute approximate surface area is 104 Å². The van der Waals surface area contributed by atoms with Gasteiger partial charge in [-0.2, -0.15) is 0 Å². The van der Waals surface area contributed by atoms with E-state index in [0.717, 1.165) is 26.1 Å². The van der Waals surface area contributed by atoms with Crippen LogP contribution in [0.2, 0.25) is 0 Å². The Kier molecular flexibility index (Phi) is 5.69. The molecular weight excluding hydrogens is 216 g/mol. The van der Waals surface area contributed by atoms with Crippen LogP contribution in [0, 0.1) is 17.8 Å². The van der Waals surface area contributed by atoms with Crippen LogP contribution >= 0.6 is 0 Å². The average molecular weight is 240 g/mol. The van der Waals surface area contributed by atoms with E-state index in [0.29, 0.717) is 18.3 Å². The summed E-state index contributed by atoms with van der Waals surface area (Å²) in [5, 5.41) is 0. The quantitative estimate of drug-likeness (QED) is 0.547. The standard InChI is InChI=1S/C14H24O3/c1-10(2)11(3)13(9-14(15)16-4)12-5-7-17-8-6-12/h10,12-13H,3,5-9H2,1-2,4H3. The van der Waals surface area contributed by atoms with Crippen LogP contribution in [0.4, 0.5) is 0 Å². The van der Waals surface area contributed by atoms with E-state index in [-0.39, 0.29) is 11.9 Å². The highest BCUT2D eigenvalue weighted by atomic mass is 16.5. The van der Waals surface area contributed by atoms with Gasteiger partial charge in [-0.25, -0.2) is 0 Å². The third-order valence-corrected chi connectivity index (χ3v) is 3.67. The smallest absolute Gasteiger partial charge is 0.306 e. The summed E-state index contributed by atoms with van der Waals surface area (Å²) in [6, 6.07) is 0. The number of allylic oxidation sites excluding steroid dienone is 1. The van der Waals surface area contributed by atoms with Gasteiger partial charge in [0.05, 0.1) is 13.5 Å². The van der Waals surface area contributed by atoms with Crippen LogP contribution < -0.4 is 0 Å². The number of hydrogen-bond acceptors (Lipinski definition) is 3. The molecule has 0 aromatic rings. The van der Waals surface area contributed by atoms with E-state index in [2.05, 4.69) is 20.4 Å². The third kappa shape index (κ3) is 4.15. The molecule has 1 aliphatic heterocycles. The maximum atomic E-state index is 11.5. The van der Waals surface area contributed by atoms with E-state index >= 15 is 0 Å². The zero-order valence-electron chi connectivity index (χ0n) is 11.2. The van der Waals surface area contributed by atoms with Crippen LogP contribution in [0.5, 0.6) is 0 Å². The molecule has 98 valence electrons. The molecular formula is C14H24O3. The minimum Gasteiger partial charge on any atom is -0.469 e. The van der Waals surface area contributed by atoms with Crippen molar-refractivity contribution in [2.45, 2.75) is 33.1 Å². The van der Waals surface area contributed by atoms with Crippen molar-refractivity contribution in [2.75, 3.05) is 20.3 Å². The van der Waals surface area contributed by atoms with Gasteiger partial charge < -0.3 is 9.47 Å². The summed E-state index contributed by atoms with van der Waals surface area (Å²) >= 11 is 0. The van der Waals surface area contributed by atoms with E-state index < -0.39 is 0 Å². The van der Waals surface area contributed by atoms with Gasteiger partial charge in [-0.1, -0.05) is 26.0 Å². The van der Waals surface area contributed by atoms with Gasteiger partial charge in [0.25, 0.3) is 0 Å². The summed E-state index contributed by atoms with van der Waals surface area (Å²) in [5.74, 6) is 1.03. The summed E-state index contributed by atoms with van der Waals surface area (Å²) in [4.78, 5) is 11.5. The zero-order chi connectivity index (χ0) is 12.8. The van der Waals surface area contributed by atoms with Gasteiger partial charge in [-0.15, -0.1) is 0 Å². The normalized spacial score (nSPS) is 19.1. The van der Waals surface area contributed by atoms with Gasteiger partial charge in [-0.05, 0) is 30.6 Å². The van der Waals surface area contributed by atoms with Crippen molar-refractivity contribution in [1.29, 1.82) is 0 Å². The Balaban J connectivity index is 2.69. The first-order valence-electron chi connectivity index (χ1n) is 6.39. The first-order chi connectivity index (χ1) is 8.06. The molecule has 0 saturated carbocycles. The van der Waals surface area contributed by atoms with Gasteiger partial charge >= 0.3 is 5.97 Å². The van der Waals surface area contributed by atoms with Crippen LogP contribution in [0.1, 0.15) is 33.1 Å². The maximum absolute atomic E-state index is 11.5. The molecule has 17 heavy (non-hydrogen) atoms. The van der Waals surface area contributed by atoms with E-state index in [9.17, 15) is 4.79 Å². The predicted octanol–water partition coefficient (Wildman–Crippen LogP) is 2.80. The molecule has 3 heteroatoms. The highest BCUT2D eigenvalue weighted by Crippen LogP contribution is 2.34. The second-order valence-corrected chi connectivity index (χ2v) is 5.07. The minimum atomic E-state index is -0.136. The zero-order valence-corrected chi connectivity index (χ0v) is 11.2. The molecule has 1 unspecified atom stereocenters. The lowest BCUT2D eigenvalue weighted by molar-refractivity contribution is -0.142. The molecule has 0 aromatic carbocycles. The molecule has 1 heterocycles. The number of carbonyl (C=O) groups excluding carboxylic acids is 1. The molecule has 0 aliphatic carbocycles. The van der Waals surface area contributed by atoms with Crippen molar-refractivity contribution in [3.63, 3.8) is 0 Å². The molecule has 0 N–H and O–H groups in total. The molecule has 0 aromatic heterocycles. The second-order valence-electron chi connectivity index (χ2n) is 5.07. The number of rotatable bonds is 5. The monoisotopic (exact) mass is 240 g/mol. The van der Waals surface area contributed by atoms with Gasteiger partial charge in [0, 0.05) is 13.2 Å². The summed E-state index contributed by atoms with van der Waals surface area (Å²) in [6.45, 7) is 10.0. The molecule has 1 atom stereocenters. The molecule has 0 bridgehead atoms. The average Bonchev–Trinajstić information content (AvgIpc) is 2.35. The highest BCUT2D eigenvalue weighted by Gasteiger charge is 2.29. The Morgan fingerprint density at radius 3 is 2.47 bits per heavy atom. The van der Waals surface area contributed by atoms with Crippen molar-refractivity contribution >= 4 is 5.97 Å². The third-order valence-electron chi connectivity index (χ3n) is 3.67. The van der Waals surface area contributed by atoms with Crippen LogP contribution in [0.15, 0.2) is 12.2 Å². The van der Waals surface area contributed by atoms with E-state index in [1.807, 2.05) is 0 Å². The molecule has 0 amide bonds. The first kappa shape index (κ1) is 14.2. The van der Waals surface area contributed by atoms with Crippen molar-refractivity contribution in [1.82, 2.24) is 0 Å². The van der Waals surface area contributed by atoms with Gasteiger partial charge in [0.15, 0.2) is 0 Å². The molecule has 1 saturated heterocycles. The SMILES string of the molecule is C=C(C(C)C)C(CC(=O)OC)C1CCOCC1. The summed E-state index contributed by atoms with van der Waals surface area (Å²) < 4.78 is 10.2. The van der Waals surface area contributed by atoms with Gasteiger partial charge in [0.1, 0.15) is 0 Å². The van der Waals surface area contributed by atoms with Crippen LogP contribution in [0.25, 0.3) is 0 Å². The largest absolute Gasteiger partial charge is 0.469 e. The number of carbonyl (C=O) groups is 1. The topological polar surface area (TPSA) is 35.5 Å². The minimum absolute atomic E-state index is 0.136. The summed E-state index contributed by atoms with van der Waals surface area (Å²) in [7, 11) is 1.45. The fourth-order valence-corrected chi connectivity index (χ4v) is 2.41. The number of esters is 1. The van der Waals surface area contributed by atoms with Gasteiger partial charge in [0.2, 0.25) is 0 Å². The van der Waals surface area contributed by atoms with Crippen LogP contribution in [-0.2, 0) is 14.3 Å². The Morgan fingerprint density at radius 2 is 2.00 bits per heavy atom. The predicted molar refractivity (Wildman–Crippen MR) is 67.6 cm³/mol. The van der Waals surface area contributed by atoms with Crippen molar-refractivity contribution in [2.24, 2.45) is 17.8 Å². The Morgan fingerprint density at radius 1 is 1.41 bits per heavy atom. The van der Waals surface area contributed by atoms with Crippen molar-refractivity contribution in [3.05, 3.63) is 12.2 Å². The van der Waals surface area contributed by atoms with Crippen LogP contribution in [-0.4, -0.2) is 26.3 Å². The van der Waals surface area contributed by atoms with Crippen molar-refractivity contribution in [3.8, 4) is 0 Å². The molecule has 0 radical (unpaired) electrons. The lowest BCUT2D eigenvalue weighted by Crippen LogP contribution is -2.28. The van der Waals surface area contributed by atoms with Crippen molar-refractivity contribution < 1.29 is 14.3 Å². The molecule has 3 nitrogen and oxygen atoms in total. The lowest BCUT2D eigenvalue weighted by atomic mass is 9.76. The first-order valence-corrected chi connectivity index (χ1v) is 6.39. The maximum Gasteiger partial charge on any atom is 0.306 e. The summed E-state index contributed by atoms with van der Waals surface area (Å²) in [5.41, 5.74) is 1.17. The van der Waals surface area contributed by atoms with E-state index in [4.69, 9.17) is 9.47 Å². The molecule has 0 spiro atoms. The number of methoxy groups -OCH3 is 1. The number of ether oxygens (including phenoxy) is 2. The summed E-state index contributed by atoms with van der Waals surface area (Å²) in [6.07, 6.45) is 2.50. The molecule has 1 aliphatic rings.